The molecule has 0 saturated carbocycles. The van der Waals surface area contributed by atoms with Gasteiger partial charge in [0.2, 0.25) is 0 Å². The zero-order valence-corrected chi connectivity index (χ0v) is 17.9. The molecule has 4 aromatic rings. The van der Waals surface area contributed by atoms with E-state index < -0.39 is 10.8 Å². The molecule has 0 aliphatic heterocycles. The largest absolute Gasteiger partial charge is 0.321 e. The number of halogens is 1. The molecule has 0 bridgehead atoms. The van der Waals surface area contributed by atoms with E-state index in [1.165, 1.54) is 29.7 Å². The van der Waals surface area contributed by atoms with E-state index in [4.69, 9.17) is 11.6 Å². The number of rotatable bonds is 4. The highest BCUT2D eigenvalue weighted by Crippen LogP contribution is 2.27. The fourth-order valence-electron chi connectivity index (χ4n) is 3.55. The number of carbonyl (C=O) groups excluding carboxylic acids is 1. The fraction of sp³-hybridized carbons (Fsp3) is 0.0870. The summed E-state index contributed by atoms with van der Waals surface area (Å²) in [7, 11) is 0. The Kier molecular flexibility index (Phi) is 5.46. The second kappa shape index (κ2) is 8.24. The highest BCUT2D eigenvalue weighted by molar-refractivity contribution is 6.34. The van der Waals surface area contributed by atoms with Crippen LogP contribution in [0.2, 0.25) is 5.02 Å². The Morgan fingerprint density at radius 3 is 2.59 bits per heavy atom. The monoisotopic (exact) mass is 448 g/mol. The van der Waals surface area contributed by atoms with Gasteiger partial charge in [0.25, 0.3) is 17.2 Å². The number of nitrogens with one attached hydrogen (secondary N) is 1. The summed E-state index contributed by atoms with van der Waals surface area (Å²) in [6.45, 7) is 3.22. The minimum absolute atomic E-state index is 0.151. The van der Waals surface area contributed by atoms with Crippen molar-refractivity contribution in [2.75, 3.05) is 5.32 Å². The molecule has 0 radical (unpaired) electrons. The Labute approximate surface area is 187 Å². The summed E-state index contributed by atoms with van der Waals surface area (Å²) in [5, 5.41) is 14.6. The molecule has 1 amide bonds. The Morgan fingerprint density at radius 1 is 1.09 bits per heavy atom. The fourth-order valence-corrected chi connectivity index (χ4v) is 3.72. The SMILES string of the molecule is Cc1c(C(=O)Nc2cc(-n3c(C)nc4ccccc4c3=O)ccc2Cl)cccc1[N+](=O)[O-]. The van der Waals surface area contributed by atoms with Crippen LogP contribution < -0.4 is 10.9 Å². The zero-order chi connectivity index (χ0) is 23.0. The number of nitrogens with zero attached hydrogens (tertiary/aromatic N) is 3. The second-order valence-electron chi connectivity index (χ2n) is 7.14. The predicted molar refractivity (Wildman–Crippen MR) is 123 cm³/mol. The molecule has 1 N–H and O–H groups in total. The molecule has 0 aliphatic carbocycles. The van der Waals surface area contributed by atoms with Gasteiger partial charge in [0.15, 0.2) is 0 Å². The molecule has 0 fully saturated rings. The van der Waals surface area contributed by atoms with Crippen LogP contribution in [0.15, 0.2) is 65.5 Å². The minimum Gasteiger partial charge on any atom is -0.321 e. The molecule has 0 spiro atoms. The van der Waals surface area contributed by atoms with Gasteiger partial charge in [0.05, 0.1) is 32.2 Å². The van der Waals surface area contributed by atoms with Gasteiger partial charge in [-0.25, -0.2) is 4.98 Å². The van der Waals surface area contributed by atoms with Crippen LogP contribution in [0.1, 0.15) is 21.7 Å². The number of hydrogen-bond acceptors (Lipinski definition) is 5. The van der Waals surface area contributed by atoms with Gasteiger partial charge in [-0.15, -0.1) is 0 Å². The van der Waals surface area contributed by atoms with Gasteiger partial charge < -0.3 is 5.32 Å². The molecule has 4 rings (SSSR count). The quantitative estimate of drug-likeness (QED) is 0.356. The van der Waals surface area contributed by atoms with Gasteiger partial charge in [-0.2, -0.15) is 0 Å². The third-order valence-corrected chi connectivity index (χ3v) is 5.48. The predicted octanol–water partition coefficient (Wildman–Crippen LogP) is 4.82. The van der Waals surface area contributed by atoms with Crippen molar-refractivity contribution in [3.05, 3.63) is 103 Å². The summed E-state index contributed by atoms with van der Waals surface area (Å²) >= 11 is 6.29. The summed E-state index contributed by atoms with van der Waals surface area (Å²) in [6.07, 6.45) is 0. The number of aromatic nitrogens is 2. The number of carbonyl (C=O) groups is 1. The number of para-hydroxylation sites is 1. The first-order valence-electron chi connectivity index (χ1n) is 9.61. The first-order valence-corrected chi connectivity index (χ1v) is 9.99. The molecule has 160 valence electrons. The van der Waals surface area contributed by atoms with E-state index in [0.717, 1.165) is 0 Å². The lowest BCUT2D eigenvalue weighted by molar-refractivity contribution is -0.385. The normalized spacial score (nSPS) is 10.8. The van der Waals surface area contributed by atoms with Crippen LogP contribution in [-0.2, 0) is 0 Å². The van der Waals surface area contributed by atoms with Crippen LogP contribution in [0, 0.1) is 24.0 Å². The van der Waals surface area contributed by atoms with Gasteiger partial charge in [0, 0.05) is 17.2 Å². The van der Waals surface area contributed by atoms with E-state index in [9.17, 15) is 19.7 Å². The van der Waals surface area contributed by atoms with Crippen LogP contribution in [0.5, 0.6) is 0 Å². The van der Waals surface area contributed by atoms with Crippen molar-refractivity contribution in [3.8, 4) is 5.69 Å². The average Bonchev–Trinajstić information content (AvgIpc) is 2.75. The molecule has 1 heterocycles. The van der Waals surface area contributed by atoms with Crippen LogP contribution in [-0.4, -0.2) is 20.4 Å². The highest BCUT2D eigenvalue weighted by Gasteiger charge is 2.19. The molecular weight excluding hydrogens is 432 g/mol. The Balaban J connectivity index is 1.76. The Bertz CT molecular complexity index is 1460. The van der Waals surface area contributed by atoms with Gasteiger partial charge >= 0.3 is 0 Å². The highest BCUT2D eigenvalue weighted by atomic mass is 35.5. The molecule has 0 aliphatic rings. The van der Waals surface area contributed by atoms with Crippen molar-refractivity contribution < 1.29 is 9.72 Å². The maximum absolute atomic E-state index is 13.1. The smallest absolute Gasteiger partial charge is 0.273 e. The number of hydrogen-bond donors (Lipinski definition) is 1. The third-order valence-electron chi connectivity index (χ3n) is 5.15. The number of amides is 1. The van der Waals surface area contributed by atoms with E-state index in [1.807, 2.05) is 6.07 Å². The summed E-state index contributed by atoms with van der Waals surface area (Å²) in [5.41, 5.74) is 1.33. The molecule has 8 nitrogen and oxygen atoms in total. The summed E-state index contributed by atoms with van der Waals surface area (Å²) in [5.74, 6) is -0.0752. The number of anilines is 1. The van der Waals surface area contributed by atoms with Gasteiger partial charge in [-0.3, -0.25) is 24.3 Å². The topological polar surface area (TPSA) is 107 Å². The van der Waals surface area contributed by atoms with Crippen molar-refractivity contribution in [3.63, 3.8) is 0 Å². The average molecular weight is 449 g/mol. The number of nitro benzene ring substituents is 1. The second-order valence-corrected chi connectivity index (χ2v) is 7.55. The zero-order valence-electron chi connectivity index (χ0n) is 17.1. The molecule has 0 unspecified atom stereocenters. The van der Waals surface area contributed by atoms with Crippen molar-refractivity contribution in [2.45, 2.75) is 13.8 Å². The van der Waals surface area contributed by atoms with E-state index >= 15 is 0 Å². The lowest BCUT2D eigenvalue weighted by Gasteiger charge is -2.14. The molecule has 0 saturated heterocycles. The van der Waals surface area contributed by atoms with E-state index in [-0.39, 0.29) is 33.1 Å². The van der Waals surface area contributed by atoms with Crippen molar-refractivity contribution in [1.82, 2.24) is 9.55 Å². The lowest BCUT2D eigenvalue weighted by Crippen LogP contribution is -2.22. The van der Waals surface area contributed by atoms with Gasteiger partial charge in [-0.1, -0.05) is 29.8 Å². The van der Waals surface area contributed by atoms with E-state index in [2.05, 4.69) is 10.3 Å². The van der Waals surface area contributed by atoms with Crippen LogP contribution >= 0.6 is 11.6 Å². The van der Waals surface area contributed by atoms with Crippen molar-refractivity contribution in [2.24, 2.45) is 0 Å². The van der Waals surface area contributed by atoms with Gasteiger partial charge in [-0.05, 0) is 50.2 Å². The Hall–Kier alpha value is -4.04. The van der Waals surface area contributed by atoms with Crippen LogP contribution in [0.4, 0.5) is 11.4 Å². The maximum Gasteiger partial charge on any atom is 0.273 e. The summed E-state index contributed by atoms with van der Waals surface area (Å²) in [6, 6.07) is 16.1. The molecule has 9 heteroatoms. The standard InChI is InChI=1S/C23H17ClN4O4/c1-13-16(7-5-9-21(13)28(31)32)22(29)26-20-12-15(10-11-18(20)24)27-14(2)25-19-8-4-3-6-17(19)23(27)30/h3-12H,1-2H3,(H,26,29). The molecule has 3 aromatic carbocycles. The first-order chi connectivity index (χ1) is 15.3. The minimum atomic E-state index is -0.550. The summed E-state index contributed by atoms with van der Waals surface area (Å²) < 4.78 is 1.44. The number of aryl methyl sites for hydroxylation is 1. The third kappa shape index (κ3) is 3.72. The molecule has 1 aromatic heterocycles. The van der Waals surface area contributed by atoms with E-state index in [1.54, 1.807) is 43.3 Å². The summed E-state index contributed by atoms with van der Waals surface area (Å²) in [4.78, 5) is 41.1. The Morgan fingerprint density at radius 2 is 1.84 bits per heavy atom. The van der Waals surface area contributed by atoms with Crippen LogP contribution in [0.3, 0.4) is 0 Å². The van der Waals surface area contributed by atoms with Crippen LogP contribution in [0.25, 0.3) is 16.6 Å². The number of fused-ring (bicyclic) bond motifs is 1. The first kappa shape index (κ1) is 21.2. The molecule has 32 heavy (non-hydrogen) atoms. The number of nitro groups is 1. The van der Waals surface area contributed by atoms with E-state index in [0.29, 0.717) is 22.4 Å². The molecule has 0 atom stereocenters. The molecular formula is C23H17ClN4O4. The van der Waals surface area contributed by atoms with Crippen molar-refractivity contribution >= 4 is 39.8 Å². The van der Waals surface area contributed by atoms with Gasteiger partial charge in [0.1, 0.15) is 5.82 Å². The van der Waals surface area contributed by atoms with Crippen molar-refractivity contribution in [1.29, 1.82) is 0 Å². The number of benzene rings is 3. The lowest BCUT2D eigenvalue weighted by atomic mass is 10.1. The maximum atomic E-state index is 13.1.